The lowest BCUT2D eigenvalue weighted by Gasteiger charge is -2.36. The number of amides is 1. The lowest BCUT2D eigenvalue weighted by Crippen LogP contribution is -2.49. The lowest BCUT2D eigenvalue weighted by molar-refractivity contribution is -0.138. The molecule has 5 rings (SSSR count). The van der Waals surface area contributed by atoms with Crippen molar-refractivity contribution < 1.29 is 18.0 Å². The number of alkyl halides is 3. The highest BCUT2D eigenvalue weighted by Gasteiger charge is 2.40. The van der Waals surface area contributed by atoms with Gasteiger partial charge in [-0.3, -0.25) is 9.48 Å². The molecule has 0 unspecified atom stereocenters. The van der Waals surface area contributed by atoms with E-state index in [9.17, 15) is 18.0 Å². The van der Waals surface area contributed by atoms with E-state index < -0.39 is 11.7 Å². The van der Waals surface area contributed by atoms with Crippen LogP contribution in [0.15, 0.2) is 42.9 Å². The van der Waals surface area contributed by atoms with Crippen molar-refractivity contribution in [2.45, 2.75) is 38.1 Å². The van der Waals surface area contributed by atoms with Crippen LogP contribution in [-0.2, 0) is 24.1 Å². The zero-order chi connectivity index (χ0) is 23.2. The van der Waals surface area contributed by atoms with Gasteiger partial charge in [-0.25, -0.2) is 4.98 Å². The van der Waals surface area contributed by atoms with Crippen LogP contribution in [0.5, 0.6) is 0 Å². The minimum atomic E-state index is -4.41. The molecule has 1 N–H and O–H groups in total. The Balaban J connectivity index is 0.00000274. The number of nitrogens with zero attached hydrogens (tertiary/aromatic N) is 6. The molecule has 2 aliphatic heterocycles. The zero-order valence-electron chi connectivity index (χ0n) is 18.4. The molecule has 1 aromatic carbocycles. The Kier molecular flexibility index (Phi) is 6.43. The molecule has 12 heteroatoms. The van der Waals surface area contributed by atoms with E-state index in [2.05, 4.69) is 20.4 Å². The highest BCUT2D eigenvalue weighted by molar-refractivity contribution is 7.59. The van der Waals surface area contributed by atoms with Gasteiger partial charge >= 0.3 is 6.18 Å². The highest BCUT2D eigenvalue weighted by atomic mass is 32.1. The maximum atomic E-state index is 13.2. The average molecular weight is 492 g/mol. The summed E-state index contributed by atoms with van der Waals surface area (Å²) in [6, 6.07) is 5.31. The molecule has 0 bridgehead atoms. The lowest BCUT2D eigenvalue weighted by atomic mass is 10.1. The van der Waals surface area contributed by atoms with Crippen LogP contribution in [0.4, 0.5) is 30.6 Å². The van der Waals surface area contributed by atoms with Gasteiger partial charge in [0.15, 0.2) is 5.82 Å². The number of hydrogen-bond donors (Lipinski definition) is 1. The van der Waals surface area contributed by atoms with Gasteiger partial charge in [-0.2, -0.15) is 36.7 Å². The summed E-state index contributed by atoms with van der Waals surface area (Å²) in [6.45, 7) is 1.15. The van der Waals surface area contributed by atoms with E-state index in [1.165, 1.54) is 16.8 Å². The van der Waals surface area contributed by atoms with E-state index in [0.29, 0.717) is 18.2 Å². The average Bonchev–Trinajstić information content (AvgIpc) is 3.45. The summed E-state index contributed by atoms with van der Waals surface area (Å²) in [5, 5.41) is 7.34. The SMILES string of the molecule is CN1C(=O)[C@@H]2CCCN2c2nc(NCc3cnn(Cc4ccccc4C(F)(F)F)c3)ncc21.S. The largest absolute Gasteiger partial charge is 0.416 e. The first-order chi connectivity index (χ1) is 15.8. The van der Waals surface area contributed by atoms with Crippen molar-refractivity contribution in [3.8, 4) is 0 Å². The van der Waals surface area contributed by atoms with Crippen molar-refractivity contribution in [2.75, 3.05) is 28.7 Å². The van der Waals surface area contributed by atoms with Crippen molar-refractivity contribution in [2.24, 2.45) is 0 Å². The predicted molar refractivity (Wildman–Crippen MR) is 126 cm³/mol. The fraction of sp³-hybridized carbons (Fsp3) is 0.364. The molecule has 0 saturated carbocycles. The maximum Gasteiger partial charge on any atom is 0.416 e. The number of carbonyl (C=O) groups is 1. The van der Waals surface area contributed by atoms with E-state index in [1.54, 1.807) is 36.6 Å². The fourth-order valence-electron chi connectivity index (χ4n) is 4.39. The van der Waals surface area contributed by atoms with Gasteiger partial charge in [0.1, 0.15) is 11.7 Å². The summed E-state index contributed by atoms with van der Waals surface area (Å²) >= 11 is 0. The normalized spacial score (nSPS) is 17.3. The molecule has 180 valence electrons. The van der Waals surface area contributed by atoms with Gasteiger partial charge in [0, 0.05) is 31.9 Å². The van der Waals surface area contributed by atoms with Crippen LogP contribution in [0.2, 0.25) is 0 Å². The van der Waals surface area contributed by atoms with E-state index in [-0.39, 0.29) is 37.6 Å². The Labute approximate surface area is 201 Å². The number of hydrogen-bond acceptors (Lipinski definition) is 6. The van der Waals surface area contributed by atoms with Crippen LogP contribution in [0.25, 0.3) is 0 Å². The molecule has 1 atom stereocenters. The summed E-state index contributed by atoms with van der Waals surface area (Å²) < 4.78 is 41.2. The molecule has 3 aromatic rings. The third-order valence-electron chi connectivity index (χ3n) is 6.04. The van der Waals surface area contributed by atoms with Gasteiger partial charge in [0.2, 0.25) is 11.9 Å². The smallest absolute Gasteiger partial charge is 0.350 e. The number of anilines is 3. The van der Waals surface area contributed by atoms with Gasteiger partial charge in [0.25, 0.3) is 0 Å². The molecule has 2 aliphatic rings. The van der Waals surface area contributed by atoms with Crippen molar-refractivity contribution in [1.29, 1.82) is 0 Å². The number of nitrogens with one attached hydrogen (secondary N) is 1. The molecule has 4 heterocycles. The topological polar surface area (TPSA) is 79.2 Å². The molecule has 2 aromatic heterocycles. The third-order valence-corrected chi connectivity index (χ3v) is 6.04. The Morgan fingerprint density at radius 2 is 2.00 bits per heavy atom. The van der Waals surface area contributed by atoms with Crippen molar-refractivity contribution >= 4 is 36.9 Å². The standard InChI is InChI=1S/C22H22F3N7O.H2S/c1-30-18-11-27-21(29-19(18)32-8-4-7-17(32)20(30)33)26-9-14-10-28-31(12-14)13-15-5-2-3-6-16(15)22(23,24)25;/h2-3,5-6,10-12,17H,4,7-9,13H2,1H3,(H,26,27,29);1H2/t17-;/m0./s1. The van der Waals surface area contributed by atoms with E-state index in [1.807, 2.05) is 4.90 Å². The van der Waals surface area contributed by atoms with Gasteiger partial charge in [-0.15, -0.1) is 0 Å². The van der Waals surface area contributed by atoms with Crippen LogP contribution >= 0.6 is 13.5 Å². The van der Waals surface area contributed by atoms with E-state index in [0.717, 1.165) is 36.8 Å². The maximum absolute atomic E-state index is 13.2. The van der Waals surface area contributed by atoms with E-state index >= 15 is 0 Å². The summed E-state index contributed by atoms with van der Waals surface area (Å²) in [7, 11) is 1.73. The van der Waals surface area contributed by atoms with Crippen LogP contribution < -0.4 is 15.1 Å². The molecule has 1 saturated heterocycles. The molecule has 0 aliphatic carbocycles. The van der Waals surface area contributed by atoms with Gasteiger partial charge in [-0.1, -0.05) is 18.2 Å². The monoisotopic (exact) mass is 491 g/mol. The summed E-state index contributed by atoms with van der Waals surface area (Å²) in [6.07, 6.45) is 2.27. The molecule has 34 heavy (non-hydrogen) atoms. The summed E-state index contributed by atoms with van der Waals surface area (Å²) in [4.78, 5) is 25.1. The Bertz CT molecular complexity index is 1200. The van der Waals surface area contributed by atoms with E-state index in [4.69, 9.17) is 0 Å². The number of carbonyl (C=O) groups excluding carboxylic acids is 1. The number of benzene rings is 1. The van der Waals surface area contributed by atoms with Crippen molar-refractivity contribution in [3.63, 3.8) is 0 Å². The molecular formula is C22H24F3N7OS. The summed E-state index contributed by atoms with van der Waals surface area (Å²) in [5.41, 5.74) is 0.961. The van der Waals surface area contributed by atoms with Crippen molar-refractivity contribution in [1.82, 2.24) is 19.7 Å². The second-order valence-electron chi connectivity index (χ2n) is 8.21. The van der Waals surface area contributed by atoms with Crippen LogP contribution in [0.1, 0.15) is 29.5 Å². The van der Waals surface area contributed by atoms with Crippen LogP contribution in [0, 0.1) is 0 Å². The molecule has 1 fully saturated rings. The van der Waals surface area contributed by atoms with Crippen molar-refractivity contribution in [3.05, 3.63) is 59.5 Å². The van der Waals surface area contributed by atoms with Gasteiger partial charge < -0.3 is 15.1 Å². The first-order valence-electron chi connectivity index (χ1n) is 10.6. The minimum Gasteiger partial charge on any atom is -0.350 e. The first kappa shape index (κ1) is 23.9. The number of likely N-dealkylation sites (N-methyl/N-ethyl adjacent to an activating group) is 1. The zero-order valence-corrected chi connectivity index (χ0v) is 19.4. The highest BCUT2D eigenvalue weighted by Crippen LogP contribution is 2.38. The third kappa shape index (κ3) is 4.41. The molecule has 1 amide bonds. The summed E-state index contributed by atoms with van der Waals surface area (Å²) in [5.74, 6) is 1.21. The number of rotatable bonds is 5. The van der Waals surface area contributed by atoms with Crippen LogP contribution in [0.3, 0.4) is 0 Å². The molecule has 8 nitrogen and oxygen atoms in total. The number of aromatic nitrogens is 4. The van der Waals surface area contributed by atoms with Gasteiger partial charge in [-0.05, 0) is 24.5 Å². The molecule has 0 radical (unpaired) electrons. The van der Waals surface area contributed by atoms with Crippen LogP contribution in [-0.4, -0.2) is 45.3 Å². The predicted octanol–water partition coefficient (Wildman–Crippen LogP) is 3.41. The Morgan fingerprint density at radius 1 is 1.21 bits per heavy atom. The number of halogens is 3. The molecule has 0 spiro atoms. The molecular weight excluding hydrogens is 467 g/mol. The Hall–Kier alpha value is -3.28. The second kappa shape index (κ2) is 9.16. The first-order valence-corrected chi connectivity index (χ1v) is 10.6. The number of fused-ring (bicyclic) bond motifs is 3. The Morgan fingerprint density at radius 3 is 2.79 bits per heavy atom. The quantitative estimate of drug-likeness (QED) is 0.590. The second-order valence-corrected chi connectivity index (χ2v) is 8.21. The fourth-order valence-corrected chi connectivity index (χ4v) is 4.39. The minimum absolute atomic E-state index is 0. The van der Waals surface area contributed by atoms with Gasteiger partial charge in [0.05, 0.1) is 24.5 Å².